The van der Waals surface area contributed by atoms with E-state index in [1.54, 1.807) is 6.07 Å². The smallest absolute Gasteiger partial charge is 0.256 e. The number of hydrogen-bond donors (Lipinski definition) is 3. The van der Waals surface area contributed by atoms with Crippen LogP contribution in [0.25, 0.3) is 22.8 Å². The fraction of sp³-hybridized carbons (Fsp3) is 0.296. The first-order valence-corrected chi connectivity index (χ1v) is 11.4. The monoisotopic (exact) mass is 430 g/mol. The van der Waals surface area contributed by atoms with Crippen molar-refractivity contribution in [3.8, 4) is 11.1 Å². The van der Waals surface area contributed by atoms with Gasteiger partial charge in [-0.15, -0.1) is 0 Å². The van der Waals surface area contributed by atoms with Gasteiger partial charge in [-0.05, 0) is 85.1 Å². The molecule has 2 heterocycles. The third-order valence-corrected chi connectivity index (χ3v) is 6.53. The quantitative estimate of drug-likeness (QED) is 0.369. The third-order valence-electron chi connectivity index (χ3n) is 6.53. The molecule has 2 aliphatic rings. The second-order valence-electron chi connectivity index (χ2n) is 8.61. The number of benzene rings is 2. The predicted octanol–water partition coefficient (Wildman–Crippen LogP) is 5.51. The molecule has 1 amide bonds. The van der Waals surface area contributed by atoms with E-state index in [1.807, 2.05) is 30.3 Å². The van der Waals surface area contributed by atoms with Crippen LogP contribution in [0.4, 0.5) is 10.1 Å². The van der Waals surface area contributed by atoms with Crippen molar-refractivity contribution < 1.29 is 14.3 Å². The van der Waals surface area contributed by atoms with E-state index in [2.05, 4.69) is 10.3 Å². The van der Waals surface area contributed by atoms with Gasteiger partial charge in [-0.1, -0.05) is 30.7 Å². The van der Waals surface area contributed by atoms with Gasteiger partial charge in [0.2, 0.25) is 0 Å². The van der Waals surface area contributed by atoms with E-state index in [4.69, 9.17) is 0 Å². The molecule has 3 N–H and O–H groups in total. The van der Waals surface area contributed by atoms with Crippen molar-refractivity contribution in [3.05, 3.63) is 76.4 Å². The van der Waals surface area contributed by atoms with Gasteiger partial charge in [0.05, 0.1) is 5.57 Å². The molecule has 0 radical (unpaired) electrons. The van der Waals surface area contributed by atoms with Gasteiger partial charge in [0.15, 0.2) is 0 Å². The number of hydrogen-bond acceptors (Lipinski definition) is 2. The lowest BCUT2D eigenvalue weighted by Crippen LogP contribution is -2.04. The lowest BCUT2D eigenvalue weighted by molar-refractivity contribution is -0.110. The molecule has 1 aliphatic heterocycles. The summed E-state index contributed by atoms with van der Waals surface area (Å²) in [5.41, 5.74) is 8.50. The van der Waals surface area contributed by atoms with E-state index in [1.165, 1.54) is 41.8 Å². The van der Waals surface area contributed by atoms with Crippen LogP contribution >= 0.6 is 0 Å². The topological polar surface area (TPSA) is 65.1 Å². The average Bonchev–Trinajstić information content (AvgIpc) is 3.17. The Hall–Kier alpha value is -3.18. The Morgan fingerprint density at radius 3 is 2.75 bits per heavy atom. The number of carbonyl (C=O) groups excluding carboxylic acids is 1. The molecule has 5 heteroatoms. The molecule has 4 nitrogen and oxygen atoms in total. The number of nitrogens with one attached hydrogen (secondary N) is 2. The molecule has 0 bridgehead atoms. The van der Waals surface area contributed by atoms with E-state index in [9.17, 15) is 14.3 Å². The molecule has 0 saturated heterocycles. The summed E-state index contributed by atoms with van der Waals surface area (Å²) in [6.07, 6.45) is 9.03. The first-order valence-electron chi connectivity index (χ1n) is 11.4. The van der Waals surface area contributed by atoms with E-state index in [0.717, 1.165) is 53.8 Å². The zero-order chi connectivity index (χ0) is 22.1. The minimum absolute atomic E-state index is 0.142. The highest BCUT2D eigenvalue weighted by Crippen LogP contribution is 2.41. The molecular formula is C27H27FN2O2. The maximum Gasteiger partial charge on any atom is 0.256 e. The normalized spacial score (nSPS) is 16.6. The Morgan fingerprint density at radius 2 is 1.91 bits per heavy atom. The van der Waals surface area contributed by atoms with Crippen LogP contribution in [0.2, 0.25) is 0 Å². The summed E-state index contributed by atoms with van der Waals surface area (Å²) >= 11 is 0. The Bertz CT molecular complexity index is 1210. The van der Waals surface area contributed by atoms with E-state index < -0.39 is 0 Å². The largest absolute Gasteiger partial charge is 0.396 e. The first kappa shape index (κ1) is 20.7. The zero-order valence-electron chi connectivity index (χ0n) is 18.0. The maximum atomic E-state index is 13.9. The van der Waals surface area contributed by atoms with Gasteiger partial charge in [-0.2, -0.15) is 0 Å². The number of carbonyl (C=O) groups is 1. The number of halogens is 1. The van der Waals surface area contributed by atoms with Crippen molar-refractivity contribution in [3.63, 3.8) is 0 Å². The van der Waals surface area contributed by atoms with Crippen LogP contribution in [-0.4, -0.2) is 22.6 Å². The Kier molecular flexibility index (Phi) is 5.66. The van der Waals surface area contributed by atoms with Crippen LogP contribution < -0.4 is 5.32 Å². The second-order valence-corrected chi connectivity index (χ2v) is 8.61. The molecule has 3 aromatic rings. The van der Waals surface area contributed by atoms with E-state index >= 15 is 0 Å². The van der Waals surface area contributed by atoms with Crippen LogP contribution in [-0.2, 0) is 24.1 Å². The molecule has 164 valence electrons. The van der Waals surface area contributed by atoms with Crippen molar-refractivity contribution in [2.45, 2.75) is 44.9 Å². The van der Waals surface area contributed by atoms with Crippen LogP contribution in [0.15, 0.2) is 42.5 Å². The molecule has 0 unspecified atom stereocenters. The molecule has 32 heavy (non-hydrogen) atoms. The first-order chi connectivity index (χ1) is 15.7. The summed E-state index contributed by atoms with van der Waals surface area (Å²) in [5.74, 6) is -0.455. The number of aryl methyl sites for hydroxylation is 1. The number of H-pyrrole nitrogens is 1. The zero-order valence-corrected chi connectivity index (χ0v) is 18.0. The third kappa shape index (κ3) is 3.78. The average molecular weight is 431 g/mol. The van der Waals surface area contributed by atoms with Gasteiger partial charge in [0, 0.05) is 29.2 Å². The highest BCUT2D eigenvalue weighted by atomic mass is 19.1. The SMILES string of the molecule is O=C1Nc2cccc(-c3cccc(F)c3)c2C1=Cc1[nH]c2c(c1CCCO)CCCCC2. The Balaban J connectivity index is 1.65. The summed E-state index contributed by atoms with van der Waals surface area (Å²) in [6, 6.07) is 12.2. The molecule has 0 fully saturated rings. The number of anilines is 1. The van der Waals surface area contributed by atoms with Crippen LogP contribution in [0.1, 0.15) is 53.8 Å². The molecule has 0 saturated carbocycles. The lowest BCUT2D eigenvalue weighted by atomic mass is 9.93. The fourth-order valence-electron chi connectivity index (χ4n) is 5.05. The number of aliphatic hydroxyl groups excluding tert-OH is 1. The van der Waals surface area contributed by atoms with Crippen molar-refractivity contribution in [2.24, 2.45) is 0 Å². The standard InChI is InChI=1S/C27H27FN2O2/c28-18-8-4-7-17(15-18)19-10-5-13-24-26(19)22(27(32)30-24)16-25-21(11-6-14-31)20-9-2-1-3-12-23(20)29-25/h4-5,7-8,10,13,15-16,29,31H,1-3,6,9,11-12,14H2,(H,30,32). The molecule has 1 aliphatic carbocycles. The lowest BCUT2D eigenvalue weighted by Gasteiger charge is -2.09. The molecule has 0 atom stereocenters. The van der Waals surface area contributed by atoms with Gasteiger partial charge >= 0.3 is 0 Å². The fourth-order valence-corrected chi connectivity index (χ4v) is 5.05. The number of aromatic nitrogens is 1. The number of aromatic amines is 1. The molecule has 0 spiro atoms. The minimum atomic E-state index is -0.303. The number of fused-ring (bicyclic) bond motifs is 2. The Labute approximate surface area is 187 Å². The highest BCUT2D eigenvalue weighted by Gasteiger charge is 2.28. The number of rotatable bonds is 5. The summed E-state index contributed by atoms with van der Waals surface area (Å²) in [5, 5.41) is 12.4. The van der Waals surface area contributed by atoms with Crippen LogP contribution in [0.5, 0.6) is 0 Å². The Morgan fingerprint density at radius 1 is 1.06 bits per heavy atom. The summed E-state index contributed by atoms with van der Waals surface area (Å²) < 4.78 is 13.9. The summed E-state index contributed by atoms with van der Waals surface area (Å²) in [6.45, 7) is 0.142. The van der Waals surface area contributed by atoms with Crippen molar-refractivity contribution >= 4 is 23.2 Å². The van der Waals surface area contributed by atoms with Gasteiger partial charge in [-0.3, -0.25) is 4.79 Å². The maximum absolute atomic E-state index is 13.9. The van der Waals surface area contributed by atoms with Crippen molar-refractivity contribution in [1.29, 1.82) is 0 Å². The van der Waals surface area contributed by atoms with Gasteiger partial charge in [0.1, 0.15) is 5.82 Å². The van der Waals surface area contributed by atoms with Crippen LogP contribution in [0, 0.1) is 5.82 Å². The van der Waals surface area contributed by atoms with Gasteiger partial charge in [0.25, 0.3) is 5.91 Å². The van der Waals surface area contributed by atoms with Crippen molar-refractivity contribution in [2.75, 3.05) is 11.9 Å². The summed E-state index contributed by atoms with van der Waals surface area (Å²) in [4.78, 5) is 16.6. The molecule has 2 aromatic carbocycles. The van der Waals surface area contributed by atoms with Crippen molar-refractivity contribution in [1.82, 2.24) is 4.98 Å². The van der Waals surface area contributed by atoms with Gasteiger partial charge < -0.3 is 15.4 Å². The van der Waals surface area contributed by atoms with E-state index in [-0.39, 0.29) is 18.3 Å². The predicted molar refractivity (Wildman–Crippen MR) is 126 cm³/mol. The molecular weight excluding hydrogens is 403 g/mol. The minimum Gasteiger partial charge on any atom is -0.396 e. The van der Waals surface area contributed by atoms with E-state index in [0.29, 0.717) is 12.0 Å². The summed E-state index contributed by atoms with van der Waals surface area (Å²) in [7, 11) is 0. The highest BCUT2D eigenvalue weighted by molar-refractivity contribution is 6.36. The number of aliphatic hydroxyl groups is 1. The second kappa shape index (κ2) is 8.75. The van der Waals surface area contributed by atoms with Gasteiger partial charge in [-0.25, -0.2) is 4.39 Å². The number of amides is 1. The van der Waals surface area contributed by atoms with Crippen LogP contribution in [0.3, 0.4) is 0 Å². The molecule has 5 rings (SSSR count). The molecule has 1 aromatic heterocycles.